The fourth-order valence-corrected chi connectivity index (χ4v) is 2.83. The summed E-state index contributed by atoms with van der Waals surface area (Å²) in [5.41, 5.74) is 1.12. The second-order valence-electron chi connectivity index (χ2n) is 6.84. The first-order valence-electron chi connectivity index (χ1n) is 9.26. The van der Waals surface area contributed by atoms with Crippen molar-refractivity contribution in [3.05, 3.63) is 59.8 Å². The van der Waals surface area contributed by atoms with Gasteiger partial charge >= 0.3 is 6.09 Å². The van der Waals surface area contributed by atoms with Crippen LogP contribution in [0.1, 0.15) is 31.1 Å². The van der Waals surface area contributed by atoms with Crippen LogP contribution in [0.3, 0.4) is 0 Å². The summed E-state index contributed by atoms with van der Waals surface area (Å²) in [6.07, 6.45) is 0.0749. The number of amides is 1. The summed E-state index contributed by atoms with van der Waals surface area (Å²) >= 11 is 0. The van der Waals surface area contributed by atoms with Crippen molar-refractivity contribution >= 4 is 16.2 Å². The second-order valence-corrected chi connectivity index (χ2v) is 8.49. The molecule has 0 fully saturated rings. The van der Waals surface area contributed by atoms with Crippen LogP contribution in [-0.2, 0) is 25.6 Å². The number of pyridine rings is 1. The van der Waals surface area contributed by atoms with E-state index in [1.165, 1.54) is 6.20 Å². The molecule has 9 nitrogen and oxygen atoms in total. The van der Waals surface area contributed by atoms with Gasteiger partial charge in [-0.1, -0.05) is 30.3 Å². The highest BCUT2D eigenvalue weighted by Crippen LogP contribution is 2.20. The first kappa shape index (κ1) is 23.6. The molecule has 1 unspecified atom stereocenters. The van der Waals surface area contributed by atoms with E-state index in [0.717, 1.165) is 11.8 Å². The Balaban J connectivity index is 2.06. The highest BCUT2D eigenvalue weighted by atomic mass is 32.2. The molecule has 0 aliphatic heterocycles. The number of benzene rings is 1. The largest absolute Gasteiger partial charge is 0.475 e. The maximum atomic E-state index is 12.2. The first-order valence-corrected chi connectivity index (χ1v) is 11.1. The number of nitrogens with one attached hydrogen (secondary N) is 1. The number of carbonyl (C=O) groups excluding carboxylic acids is 1. The van der Waals surface area contributed by atoms with E-state index in [-0.39, 0.29) is 12.7 Å². The predicted molar refractivity (Wildman–Crippen MR) is 109 cm³/mol. The van der Waals surface area contributed by atoms with Crippen molar-refractivity contribution in [1.29, 1.82) is 0 Å². The monoisotopic (exact) mass is 438 g/mol. The van der Waals surface area contributed by atoms with Crippen LogP contribution in [0.5, 0.6) is 5.88 Å². The topological polar surface area (TPSA) is 124 Å². The van der Waals surface area contributed by atoms with Crippen molar-refractivity contribution in [1.82, 2.24) is 10.3 Å². The van der Waals surface area contributed by atoms with Gasteiger partial charge in [-0.2, -0.15) is 8.42 Å². The number of aliphatic hydroxyl groups is 1. The number of aliphatic hydroxyl groups excluding tert-OH is 1. The smallest absolute Gasteiger partial charge is 0.407 e. The number of ether oxygens (including phenoxy) is 2. The summed E-state index contributed by atoms with van der Waals surface area (Å²) in [4.78, 5) is 16.3. The highest BCUT2D eigenvalue weighted by Gasteiger charge is 2.26. The first-order chi connectivity index (χ1) is 14.1. The van der Waals surface area contributed by atoms with Crippen molar-refractivity contribution in [2.45, 2.75) is 38.7 Å². The van der Waals surface area contributed by atoms with Crippen LogP contribution in [0.2, 0.25) is 0 Å². The third-order valence-electron chi connectivity index (χ3n) is 3.82. The molecule has 2 aromatic rings. The van der Waals surface area contributed by atoms with Crippen molar-refractivity contribution in [2.24, 2.45) is 0 Å². The lowest BCUT2D eigenvalue weighted by atomic mass is 10.1. The Morgan fingerprint density at radius 3 is 2.43 bits per heavy atom. The van der Waals surface area contributed by atoms with Gasteiger partial charge in [-0.15, -0.1) is 0 Å². The van der Waals surface area contributed by atoms with Crippen LogP contribution in [0.25, 0.3) is 0 Å². The average Bonchev–Trinajstić information content (AvgIpc) is 2.69. The third kappa shape index (κ3) is 8.36. The van der Waals surface area contributed by atoms with Crippen molar-refractivity contribution < 1.29 is 32.0 Å². The highest BCUT2D eigenvalue weighted by molar-refractivity contribution is 7.85. The molecular formula is C20H26N2O7S. The molecule has 2 atom stereocenters. The Bertz CT molecular complexity index is 903. The van der Waals surface area contributed by atoms with E-state index in [1.54, 1.807) is 24.3 Å². The Kier molecular flexibility index (Phi) is 8.58. The molecule has 1 aromatic carbocycles. The normalized spacial score (nSPS) is 13.5. The van der Waals surface area contributed by atoms with Crippen LogP contribution in [0.4, 0.5) is 4.79 Å². The number of rotatable bonds is 10. The molecule has 0 bridgehead atoms. The van der Waals surface area contributed by atoms with E-state index in [2.05, 4.69) is 10.3 Å². The molecule has 0 spiro atoms. The number of nitrogens with zero attached hydrogens (tertiary/aromatic N) is 1. The van der Waals surface area contributed by atoms with Gasteiger partial charge in [-0.25, -0.2) is 9.78 Å². The fraction of sp³-hybridized carbons (Fsp3) is 0.400. The number of alkyl carbamates (subject to hydrolysis) is 1. The maximum absolute atomic E-state index is 12.2. The van der Waals surface area contributed by atoms with Crippen LogP contribution in [0.15, 0.2) is 48.7 Å². The van der Waals surface area contributed by atoms with Gasteiger partial charge < -0.3 is 19.9 Å². The van der Waals surface area contributed by atoms with Crippen LogP contribution < -0.4 is 10.1 Å². The number of carbonyl (C=O) groups is 1. The quantitative estimate of drug-likeness (QED) is 0.541. The molecule has 1 aromatic heterocycles. The summed E-state index contributed by atoms with van der Waals surface area (Å²) in [7, 11) is -3.79. The Hall–Kier alpha value is -2.69. The molecule has 0 radical (unpaired) electrons. The van der Waals surface area contributed by atoms with E-state index in [0.29, 0.717) is 11.4 Å². The Morgan fingerprint density at radius 2 is 1.87 bits per heavy atom. The second kappa shape index (κ2) is 10.9. The fourth-order valence-electron chi connectivity index (χ4n) is 2.44. The molecule has 30 heavy (non-hydrogen) atoms. The van der Waals surface area contributed by atoms with Gasteiger partial charge in [0.15, 0.2) is 0 Å². The number of aromatic nitrogens is 1. The Labute approximate surface area is 176 Å². The van der Waals surface area contributed by atoms with Gasteiger partial charge in [0, 0.05) is 17.8 Å². The van der Waals surface area contributed by atoms with Gasteiger partial charge in [0.1, 0.15) is 12.7 Å². The lowest BCUT2D eigenvalue weighted by molar-refractivity contribution is 0.0826. The van der Waals surface area contributed by atoms with Gasteiger partial charge in [0.25, 0.3) is 10.1 Å². The van der Waals surface area contributed by atoms with Gasteiger partial charge in [-0.05, 0) is 25.5 Å². The van der Waals surface area contributed by atoms with Crippen molar-refractivity contribution in [2.75, 3.05) is 12.9 Å². The van der Waals surface area contributed by atoms with E-state index in [1.807, 2.05) is 32.0 Å². The average molecular weight is 439 g/mol. The standard InChI is InChI=1S/C20H26N2O7S/c1-14(2)29-18-10-9-16(11-21-18)19(23)17(13-28-30(3,25)26)22-20(24)27-12-15-7-5-4-6-8-15/h4-11,14,17,19,23H,12-13H2,1-3H3,(H,22,24)/t17-,19?/m1/s1. The molecule has 164 valence electrons. The minimum atomic E-state index is -3.79. The minimum absolute atomic E-state index is 0.0191. The van der Waals surface area contributed by atoms with E-state index in [4.69, 9.17) is 13.7 Å². The maximum Gasteiger partial charge on any atom is 0.407 e. The SMILES string of the molecule is CC(C)Oc1ccc(C(O)[C@@H](COS(C)(=O)=O)NC(=O)OCc2ccccc2)cn1. The molecule has 10 heteroatoms. The summed E-state index contributed by atoms with van der Waals surface area (Å²) in [5, 5.41) is 13.1. The van der Waals surface area contributed by atoms with Crippen LogP contribution >= 0.6 is 0 Å². The molecule has 1 amide bonds. The van der Waals surface area contributed by atoms with Crippen molar-refractivity contribution in [3.8, 4) is 5.88 Å². The van der Waals surface area contributed by atoms with Crippen LogP contribution in [0, 0.1) is 0 Å². The van der Waals surface area contributed by atoms with E-state index >= 15 is 0 Å². The lowest BCUT2D eigenvalue weighted by Crippen LogP contribution is -2.43. The number of hydrogen-bond acceptors (Lipinski definition) is 8. The van der Waals surface area contributed by atoms with Crippen LogP contribution in [-0.4, -0.2) is 49.6 Å². The molecule has 0 saturated heterocycles. The predicted octanol–water partition coefficient (Wildman–Crippen LogP) is 2.17. The van der Waals surface area contributed by atoms with E-state index < -0.39 is 35.0 Å². The van der Waals surface area contributed by atoms with Gasteiger partial charge in [-0.3, -0.25) is 4.18 Å². The van der Waals surface area contributed by atoms with Gasteiger partial charge in [0.05, 0.1) is 25.0 Å². The third-order valence-corrected chi connectivity index (χ3v) is 4.38. The van der Waals surface area contributed by atoms with E-state index in [9.17, 15) is 18.3 Å². The minimum Gasteiger partial charge on any atom is -0.475 e. The van der Waals surface area contributed by atoms with Gasteiger partial charge in [0.2, 0.25) is 5.88 Å². The molecule has 1 heterocycles. The number of hydrogen-bond donors (Lipinski definition) is 2. The molecule has 2 rings (SSSR count). The molecular weight excluding hydrogens is 412 g/mol. The summed E-state index contributed by atoms with van der Waals surface area (Å²) in [6, 6.07) is 11.1. The molecule has 2 N–H and O–H groups in total. The summed E-state index contributed by atoms with van der Waals surface area (Å²) in [6.45, 7) is 3.25. The lowest BCUT2D eigenvalue weighted by Gasteiger charge is -2.23. The zero-order valence-corrected chi connectivity index (χ0v) is 17.8. The molecule has 0 saturated carbocycles. The van der Waals surface area contributed by atoms with Crippen molar-refractivity contribution in [3.63, 3.8) is 0 Å². The Morgan fingerprint density at radius 1 is 1.17 bits per heavy atom. The zero-order chi connectivity index (χ0) is 22.1. The zero-order valence-electron chi connectivity index (χ0n) is 17.0. The summed E-state index contributed by atoms with van der Waals surface area (Å²) < 4.78 is 38.1. The molecule has 0 aliphatic rings. The molecule has 0 aliphatic carbocycles. The summed E-state index contributed by atoms with van der Waals surface area (Å²) in [5.74, 6) is 0.375.